The van der Waals surface area contributed by atoms with Crippen molar-refractivity contribution in [3.05, 3.63) is 57.3 Å². The largest absolute Gasteiger partial charge is 0.477 e. The van der Waals surface area contributed by atoms with E-state index < -0.39 is 5.97 Å². The lowest BCUT2D eigenvalue weighted by molar-refractivity contribution is 0.0702. The first kappa shape index (κ1) is 14.8. The van der Waals surface area contributed by atoms with Crippen LogP contribution in [0.3, 0.4) is 0 Å². The Balaban J connectivity index is 1.63. The van der Waals surface area contributed by atoms with Crippen LogP contribution in [0.25, 0.3) is 0 Å². The Bertz CT molecular complexity index is 710. The van der Waals surface area contributed by atoms with Gasteiger partial charge >= 0.3 is 5.97 Å². The molecule has 2 N–H and O–H groups in total. The fourth-order valence-electron chi connectivity index (χ4n) is 2.97. The van der Waals surface area contributed by atoms with Crippen LogP contribution in [0, 0.1) is 5.41 Å². The van der Waals surface area contributed by atoms with E-state index >= 15 is 0 Å². The highest BCUT2D eigenvalue weighted by Crippen LogP contribution is 2.36. The van der Waals surface area contributed by atoms with Gasteiger partial charge in [-0.25, -0.2) is 4.79 Å². The number of rotatable bonds is 4. The zero-order valence-corrected chi connectivity index (χ0v) is 13.1. The summed E-state index contributed by atoms with van der Waals surface area (Å²) in [4.78, 5) is 23.6. The highest BCUT2D eigenvalue weighted by Gasteiger charge is 2.33. The summed E-state index contributed by atoms with van der Waals surface area (Å²) in [6, 6.07) is 11.4. The van der Waals surface area contributed by atoms with E-state index in [1.54, 1.807) is 6.07 Å². The molecule has 0 aliphatic heterocycles. The zero-order chi connectivity index (χ0) is 15.7. The topological polar surface area (TPSA) is 66.4 Å². The number of benzene rings is 1. The second-order valence-electron chi connectivity index (χ2n) is 6.08. The van der Waals surface area contributed by atoms with Gasteiger partial charge < -0.3 is 10.4 Å². The molecule has 2 aromatic rings. The van der Waals surface area contributed by atoms with Gasteiger partial charge in [0.05, 0.1) is 4.88 Å². The van der Waals surface area contributed by atoms with E-state index in [0.29, 0.717) is 11.4 Å². The molecule has 0 radical (unpaired) electrons. The monoisotopic (exact) mass is 315 g/mol. The van der Waals surface area contributed by atoms with Crippen LogP contribution in [-0.2, 0) is 12.8 Å². The lowest BCUT2D eigenvalue weighted by Crippen LogP contribution is -2.36. The Morgan fingerprint density at radius 2 is 1.73 bits per heavy atom. The zero-order valence-electron chi connectivity index (χ0n) is 12.3. The molecule has 1 heterocycles. The number of nitrogens with one attached hydrogen (secondary N) is 1. The van der Waals surface area contributed by atoms with Crippen molar-refractivity contribution >= 4 is 23.2 Å². The van der Waals surface area contributed by atoms with Crippen LogP contribution in [0.4, 0.5) is 0 Å². The Kier molecular flexibility index (Phi) is 3.74. The van der Waals surface area contributed by atoms with Crippen molar-refractivity contribution in [2.75, 3.05) is 6.54 Å². The van der Waals surface area contributed by atoms with E-state index in [1.165, 1.54) is 17.2 Å². The number of carboxylic acids is 1. The van der Waals surface area contributed by atoms with E-state index in [0.717, 1.165) is 24.2 Å². The molecule has 1 aliphatic carbocycles. The summed E-state index contributed by atoms with van der Waals surface area (Å²) in [5.41, 5.74) is 2.72. The molecule has 1 amide bonds. The predicted octanol–water partition coefficient (Wildman–Crippen LogP) is 2.98. The minimum atomic E-state index is -0.998. The molecule has 0 fully saturated rings. The van der Waals surface area contributed by atoms with E-state index in [-0.39, 0.29) is 16.2 Å². The third kappa shape index (κ3) is 2.90. The minimum absolute atomic E-state index is 0.0201. The summed E-state index contributed by atoms with van der Waals surface area (Å²) >= 11 is 1.01. The lowest BCUT2D eigenvalue weighted by atomic mass is 9.87. The first-order chi connectivity index (χ1) is 10.5. The van der Waals surface area contributed by atoms with Gasteiger partial charge in [0.25, 0.3) is 5.91 Å². The van der Waals surface area contributed by atoms with Crippen LogP contribution in [0.5, 0.6) is 0 Å². The smallest absolute Gasteiger partial charge is 0.345 e. The second kappa shape index (κ2) is 5.57. The standard InChI is InChI=1S/C17H17NO3S/c1-17(8-11-4-2-3-5-12(11)9-17)10-18-15(19)13-6-7-14(22-13)16(20)21/h2-7H,8-10H2,1H3,(H,18,19)(H,20,21). The van der Waals surface area contributed by atoms with Gasteiger partial charge in [-0.05, 0) is 41.5 Å². The van der Waals surface area contributed by atoms with Crippen LogP contribution in [-0.4, -0.2) is 23.5 Å². The number of carbonyl (C=O) groups is 2. The number of amides is 1. The van der Waals surface area contributed by atoms with Crippen molar-refractivity contribution in [3.8, 4) is 0 Å². The molecule has 1 aromatic carbocycles. The van der Waals surface area contributed by atoms with Crippen LogP contribution in [0.2, 0.25) is 0 Å². The van der Waals surface area contributed by atoms with Crippen molar-refractivity contribution in [3.63, 3.8) is 0 Å². The number of fused-ring (bicyclic) bond motifs is 1. The third-order valence-electron chi connectivity index (χ3n) is 4.07. The van der Waals surface area contributed by atoms with Gasteiger partial charge in [0, 0.05) is 6.54 Å². The van der Waals surface area contributed by atoms with Gasteiger partial charge in [0.15, 0.2) is 0 Å². The Labute approximate surface area is 132 Å². The Morgan fingerprint density at radius 1 is 1.14 bits per heavy atom. The highest BCUT2D eigenvalue weighted by atomic mass is 32.1. The van der Waals surface area contributed by atoms with Crippen molar-refractivity contribution < 1.29 is 14.7 Å². The first-order valence-electron chi connectivity index (χ1n) is 7.15. The summed E-state index contributed by atoms with van der Waals surface area (Å²) in [6.45, 7) is 2.76. The maximum absolute atomic E-state index is 12.2. The second-order valence-corrected chi connectivity index (χ2v) is 7.17. The maximum atomic E-state index is 12.2. The Hall–Kier alpha value is -2.14. The average Bonchev–Trinajstić information content (AvgIpc) is 3.08. The fourth-order valence-corrected chi connectivity index (χ4v) is 3.73. The highest BCUT2D eigenvalue weighted by molar-refractivity contribution is 7.15. The third-order valence-corrected chi connectivity index (χ3v) is 5.14. The minimum Gasteiger partial charge on any atom is -0.477 e. The summed E-state index contributed by atoms with van der Waals surface area (Å²) in [5.74, 6) is -1.20. The van der Waals surface area contributed by atoms with E-state index in [2.05, 4.69) is 24.4 Å². The predicted molar refractivity (Wildman–Crippen MR) is 85.6 cm³/mol. The fraction of sp³-hybridized carbons (Fsp3) is 0.294. The quantitative estimate of drug-likeness (QED) is 0.911. The number of hydrogen-bond acceptors (Lipinski definition) is 3. The Morgan fingerprint density at radius 3 is 2.27 bits per heavy atom. The van der Waals surface area contributed by atoms with Crippen LogP contribution >= 0.6 is 11.3 Å². The molecule has 0 saturated carbocycles. The average molecular weight is 315 g/mol. The molecular weight excluding hydrogens is 298 g/mol. The van der Waals surface area contributed by atoms with Gasteiger partial charge in [-0.1, -0.05) is 31.2 Å². The first-order valence-corrected chi connectivity index (χ1v) is 7.97. The van der Waals surface area contributed by atoms with Crippen LogP contribution < -0.4 is 5.32 Å². The molecule has 114 valence electrons. The van der Waals surface area contributed by atoms with E-state index in [4.69, 9.17) is 5.11 Å². The van der Waals surface area contributed by atoms with Gasteiger partial charge in [-0.2, -0.15) is 0 Å². The summed E-state index contributed by atoms with van der Waals surface area (Å²) in [5, 5.41) is 11.8. The summed E-state index contributed by atoms with van der Waals surface area (Å²) in [7, 11) is 0. The molecule has 1 aliphatic rings. The van der Waals surface area contributed by atoms with Crippen molar-refractivity contribution in [1.29, 1.82) is 0 Å². The van der Waals surface area contributed by atoms with Crippen LogP contribution in [0.1, 0.15) is 37.4 Å². The number of carboxylic acid groups (broad SMARTS) is 1. The molecule has 3 rings (SSSR count). The summed E-state index contributed by atoms with van der Waals surface area (Å²) < 4.78 is 0. The molecule has 5 heteroatoms. The molecule has 0 bridgehead atoms. The molecular formula is C17H17NO3S. The van der Waals surface area contributed by atoms with Crippen LogP contribution in [0.15, 0.2) is 36.4 Å². The van der Waals surface area contributed by atoms with Crippen molar-refractivity contribution in [1.82, 2.24) is 5.32 Å². The number of carbonyl (C=O) groups excluding carboxylic acids is 1. The molecule has 4 nitrogen and oxygen atoms in total. The molecule has 0 spiro atoms. The molecule has 0 saturated heterocycles. The lowest BCUT2D eigenvalue weighted by Gasteiger charge is -2.23. The number of thiophene rings is 1. The molecule has 1 aromatic heterocycles. The normalized spacial score (nSPS) is 15.3. The number of aromatic carboxylic acids is 1. The van der Waals surface area contributed by atoms with Gasteiger partial charge in [0.1, 0.15) is 4.88 Å². The van der Waals surface area contributed by atoms with E-state index in [1.807, 2.05) is 12.1 Å². The van der Waals surface area contributed by atoms with Gasteiger partial charge in [-0.3, -0.25) is 4.79 Å². The van der Waals surface area contributed by atoms with Crippen molar-refractivity contribution in [2.45, 2.75) is 19.8 Å². The maximum Gasteiger partial charge on any atom is 0.345 e. The van der Waals surface area contributed by atoms with Gasteiger partial charge in [0.2, 0.25) is 0 Å². The molecule has 0 unspecified atom stereocenters. The van der Waals surface area contributed by atoms with Crippen molar-refractivity contribution in [2.24, 2.45) is 5.41 Å². The number of hydrogen-bond donors (Lipinski definition) is 2. The van der Waals surface area contributed by atoms with Gasteiger partial charge in [-0.15, -0.1) is 11.3 Å². The SMILES string of the molecule is CC1(CNC(=O)c2ccc(C(=O)O)s2)Cc2ccccc2C1. The summed E-state index contributed by atoms with van der Waals surface area (Å²) in [6.07, 6.45) is 1.91. The molecule has 22 heavy (non-hydrogen) atoms. The molecule has 0 atom stereocenters. The van der Waals surface area contributed by atoms with E-state index in [9.17, 15) is 9.59 Å².